The number of nitrogens with one attached hydrogen (secondary N) is 1. The predicted molar refractivity (Wildman–Crippen MR) is 92.4 cm³/mol. The van der Waals surface area contributed by atoms with Crippen LogP contribution in [0.3, 0.4) is 0 Å². The summed E-state index contributed by atoms with van der Waals surface area (Å²) < 4.78 is 7.76. The molecule has 1 aliphatic heterocycles. The zero-order chi connectivity index (χ0) is 15.6. The quantitative estimate of drug-likeness (QED) is 0.794. The SMILES string of the molecule is CCOc1ccccc1-n1nc(-c2ccccc2)c2c1NCC2. The van der Waals surface area contributed by atoms with Crippen molar-refractivity contribution in [2.45, 2.75) is 13.3 Å². The molecule has 1 aromatic heterocycles. The number of hydrogen-bond acceptors (Lipinski definition) is 3. The number of nitrogens with zero attached hydrogens (tertiary/aromatic N) is 2. The monoisotopic (exact) mass is 305 g/mol. The van der Waals surface area contributed by atoms with Crippen LogP contribution in [0.4, 0.5) is 5.82 Å². The zero-order valence-electron chi connectivity index (χ0n) is 13.1. The van der Waals surface area contributed by atoms with Gasteiger partial charge in [0.2, 0.25) is 0 Å². The standard InChI is InChI=1S/C19H19N3O/c1-2-23-17-11-7-6-10-16(17)22-19-15(12-13-20-19)18(21-22)14-8-4-3-5-9-14/h3-11,20H,2,12-13H2,1H3. The van der Waals surface area contributed by atoms with E-state index in [1.807, 2.05) is 41.9 Å². The molecule has 4 nitrogen and oxygen atoms in total. The normalized spacial score (nSPS) is 12.7. The van der Waals surface area contributed by atoms with E-state index in [4.69, 9.17) is 9.84 Å². The fourth-order valence-corrected chi connectivity index (χ4v) is 3.09. The molecule has 23 heavy (non-hydrogen) atoms. The van der Waals surface area contributed by atoms with Crippen molar-refractivity contribution in [1.29, 1.82) is 0 Å². The number of rotatable bonds is 4. The van der Waals surface area contributed by atoms with Gasteiger partial charge in [0.1, 0.15) is 17.3 Å². The molecule has 0 aliphatic carbocycles. The van der Waals surface area contributed by atoms with E-state index in [1.165, 1.54) is 5.56 Å². The van der Waals surface area contributed by atoms with Crippen LogP contribution in [0, 0.1) is 0 Å². The van der Waals surface area contributed by atoms with Gasteiger partial charge in [-0.15, -0.1) is 0 Å². The summed E-state index contributed by atoms with van der Waals surface area (Å²) in [6.07, 6.45) is 0.996. The van der Waals surface area contributed by atoms with Gasteiger partial charge in [-0.1, -0.05) is 42.5 Å². The molecule has 0 bridgehead atoms. The molecule has 0 saturated heterocycles. The number of fused-ring (bicyclic) bond motifs is 1. The second kappa shape index (κ2) is 5.80. The lowest BCUT2D eigenvalue weighted by Gasteiger charge is -2.12. The molecule has 0 fully saturated rings. The molecule has 0 amide bonds. The molecule has 3 aromatic rings. The van der Waals surface area contributed by atoms with Crippen molar-refractivity contribution in [3.8, 4) is 22.7 Å². The maximum absolute atomic E-state index is 5.78. The predicted octanol–water partition coefficient (Wildman–Crippen LogP) is 3.91. The van der Waals surface area contributed by atoms with E-state index in [9.17, 15) is 0 Å². The van der Waals surface area contributed by atoms with E-state index in [0.29, 0.717) is 6.61 Å². The third-order valence-corrected chi connectivity index (χ3v) is 4.09. The lowest BCUT2D eigenvalue weighted by molar-refractivity contribution is 0.338. The minimum absolute atomic E-state index is 0.638. The van der Waals surface area contributed by atoms with E-state index in [1.54, 1.807) is 0 Å². The lowest BCUT2D eigenvalue weighted by atomic mass is 10.1. The van der Waals surface area contributed by atoms with Crippen LogP contribution < -0.4 is 10.1 Å². The van der Waals surface area contributed by atoms with E-state index in [0.717, 1.165) is 41.5 Å². The Hall–Kier alpha value is -2.75. The molecule has 4 rings (SSSR count). The Morgan fingerprint density at radius 2 is 1.87 bits per heavy atom. The molecule has 0 radical (unpaired) electrons. The van der Waals surface area contributed by atoms with Gasteiger partial charge in [-0.05, 0) is 25.5 Å². The second-order valence-electron chi connectivity index (χ2n) is 5.53. The fourth-order valence-electron chi connectivity index (χ4n) is 3.09. The van der Waals surface area contributed by atoms with Gasteiger partial charge in [0.15, 0.2) is 0 Å². The molecule has 2 aromatic carbocycles. The first-order chi connectivity index (χ1) is 11.4. The van der Waals surface area contributed by atoms with Crippen LogP contribution >= 0.6 is 0 Å². The van der Waals surface area contributed by atoms with Crippen LogP contribution in [0.5, 0.6) is 5.75 Å². The minimum atomic E-state index is 0.638. The van der Waals surface area contributed by atoms with Crippen molar-refractivity contribution in [3.63, 3.8) is 0 Å². The number of aromatic nitrogens is 2. The fraction of sp³-hybridized carbons (Fsp3) is 0.211. The molecule has 0 saturated carbocycles. The van der Waals surface area contributed by atoms with Crippen molar-refractivity contribution in [1.82, 2.24) is 9.78 Å². The van der Waals surface area contributed by atoms with Crippen LogP contribution in [0.15, 0.2) is 54.6 Å². The number of hydrogen-bond donors (Lipinski definition) is 1. The smallest absolute Gasteiger partial charge is 0.145 e. The van der Waals surface area contributed by atoms with Crippen molar-refractivity contribution >= 4 is 5.82 Å². The first kappa shape index (κ1) is 13.9. The molecule has 0 atom stereocenters. The minimum Gasteiger partial charge on any atom is -0.492 e. The van der Waals surface area contributed by atoms with Gasteiger partial charge in [0, 0.05) is 17.7 Å². The van der Waals surface area contributed by atoms with Crippen molar-refractivity contribution in [2.75, 3.05) is 18.5 Å². The van der Waals surface area contributed by atoms with Gasteiger partial charge < -0.3 is 10.1 Å². The number of anilines is 1. The topological polar surface area (TPSA) is 39.1 Å². The van der Waals surface area contributed by atoms with Crippen LogP contribution in [0.25, 0.3) is 16.9 Å². The van der Waals surface area contributed by atoms with Crippen LogP contribution in [0.2, 0.25) is 0 Å². The van der Waals surface area contributed by atoms with Gasteiger partial charge in [0.25, 0.3) is 0 Å². The summed E-state index contributed by atoms with van der Waals surface area (Å²) in [6.45, 7) is 3.58. The number of ether oxygens (including phenoxy) is 1. The summed E-state index contributed by atoms with van der Waals surface area (Å²) in [6, 6.07) is 18.4. The molecular formula is C19H19N3O. The third-order valence-electron chi connectivity index (χ3n) is 4.09. The summed E-state index contributed by atoms with van der Waals surface area (Å²) in [7, 11) is 0. The Kier molecular flexibility index (Phi) is 3.50. The molecule has 0 unspecified atom stereocenters. The molecule has 0 spiro atoms. The highest BCUT2D eigenvalue weighted by Gasteiger charge is 2.24. The van der Waals surface area contributed by atoms with Crippen molar-refractivity contribution in [2.24, 2.45) is 0 Å². The van der Waals surface area contributed by atoms with Crippen LogP contribution in [0.1, 0.15) is 12.5 Å². The van der Waals surface area contributed by atoms with E-state index < -0.39 is 0 Å². The summed E-state index contributed by atoms with van der Waals surface area (Å²) >= 11 is 0. The first-order valence-corrected chi connectivity index (χ1v) is 8.02. The summed E-state index contributed by atoms with van der Waals surface area (Å²) in [5.74, 6) is 1.93. The van der Waals surface area contributed by atoms with E-state index in [-0.39, 0.29) is 0 Å². The Bertz CT molecular complexity index is 824. The lowest BCUT2D eigenvalue weighted by Crippen LogP contribution is -2.06. The van der Waals surface area contributed by atoms with Gasteiger partial charge >= 0.3 is 0 Å². The van der Waals surface area contributed by atoms with Gasteiger partial charge in [-0.25, -0.2) is 4.68 Å². The number of benzene rings is 2. The highest BCUT2D eigenvalue weighted by atomic mass is 16.5. The van der Waals surface area contributed by atoms with E-state index >= 15 is 0 Å². The average Bonchev–Trinajstić information content (AvgIpc) is 3.19. The van der Waals surface area contributed by atoms with E-state index in [2.05, 4.69) is 29.6 Å². The Morgan fingerprint density at radius 1 is 1.09 bits per heavy atom. The van der Waals surface area contributed by atoms with Gasteiger partial charge in [-0.3, -0.25) is 0 Å². The molecule has 116 valence electrons. The largest absolute Gasteiger partial charge is 0.492 e. The number of para-hydroxylation sites is 2. The molecule has 2 heterocycles. The summed E-state index contributed by atoms with van der Waals surface area (Å²) in [5, 5.41) is 8.36. The third kappa shape index (κ3) is 2.36. The van der Waals surface area contributed by atoms with Crippen LogP contribution in [-0.4, -0.2) is 22.9 Å². The summed E-state index contributed by atoms with van der Waals surface area (Å²) in [4.78, 5) is 0. The van der Waals surface area contributed by atoms with Crippen molar-refractivity contribution in [3.05, 3.63) is 60.2 Å². The second-order valence-corrected chi connectivity index (χ2v) is 5.53. The average molecular weight is 305 g/mol. The highest BCUT2D eigenvalue weighted by molar-refractivity contribution is 5.73. The highest BCUT2D eigenvalue weighted by Crippen LogP contribution is 2.36. The zero-order valence-corrected chi connectivity index (χ0v) is 13.1. The molecule has 1 N–H and O–H groups in total. The molecule has 4 heteroatoms. The van der Waals surface area contributed by atoms with Gasteiger partial charge in [0.05, 0.1) is 12.3 Å². The van der Waals surface area contributed by atoms with Crippen LogP contribution in [-0.2, 0) is 6.42 Å². The Labute approximate surface area is 135 Å². The first-order valence-electron chi connectivity index (χ1n) is 8.02. The Morgan fingerprint density at radius 3 is 2.70 bits per heavy atom. The van der Waals surface area contributed by atoms with Gasteiger partial charge in [-0.2, -0.15) is 5.10 Å². The Balaban J connectivity index is 1.88. The molecule has 1 aliphatic rings. The molecular weight excluding hydrogens is 286 g/mol. The summed E-state index contributed by atoms with van der Waals surface area (Å²) in [5.41, 5.74) is 4.46. The maximum Gasteiger partial charge on any atom is 0.145 e. The van der Waals surface area contributed by atoms with Crippen molar-refractivity contribution < 1.29 is 4.74 Å². The maximum atomic E-state index is 5.78.